The van der Waals surface area contributed by atoms with Gasteiger partial charge in [-0.2, -0.15) is 0 Å². The molecular weight excluding hydrogens is 388 g/mol. The minimum Gasteiger partial charge on any atom is -0.486 e. The van der Waals surface area contributed by atoms with Crippen LogP contribution < -0.4 is 10.1 Å². The molecule has 0 aliphatic rings. The van der Waals surface area contributed by atoms with Crippen molar-refractivity contribution in [3.63, 3.8) is 0 Å². The molecular formula is C26H30N2OS. The number of hydrogen-bond donors (Lipinski definition) is 1. The van der Waals surface area contributed by atoms with Crippen LogP contribution in [0.5, 0.6) is 5.75 Å². The molecule has 0 unspecified atom stereocenters. The molecule has 1 N–H and O–H groups in total. The van der Waals surface area contributed by atoms with Gasteiger partial charge >= 0.3 is 0 Å². The zero-order valence-corrected chi connectivity index (χ0v) is 18.6. The maximum absolute atomic E-state index is 5.91. The number of nitrogens with one attached hydrogen (secondary N) is 1. The van der Waals surface area contributed by atoms with E-state index in [0.717, 1.165) is 42.5 Å². The largest absolute Gasteiger partial charge is 0.486 e. The van der Waals surface area contributed by atoms with E-state index < -0.39 is 0 Å². The summed E-state index contributed by atoms with van der Waals surface area (Å²) in [5.41, 5.74) is 5.02. The lowest BCUT2D eigenvalue weighted by Crippen LogP contribution is -2.35. The van der Waals surface area contributed by atoms with Gasteiger partial charge in [0.15, 0.2) is 0 Å². The Balaban J connectivity index is 1.50. The van der Waals surface area contributed by atoms with Crippen molar-refractivity contribution in [2.75, 3.05) is 19.7 Å². The summed E-state index contributed by atoms with van der Waals surface area (Å²) >= 11 is 5.49. The maximum Gasteiger partial charge on any atom is 0.138 e. The van der Waals surface area contributed by atoms with Crippen LogP contribution in [0.2, 0.25) is 0 Å². The Hall–Kier alpha value is -2.69. The standard InChI is InChI=1S/C26H30N2OS/c1-21-10-9-15-25(22(21)2)29-20-26(30)27-16-17-28(18-23-11-5-3-6-12-23)19-24-13-7-4-8-14-24/h3-15H,16-20H2,1-2H3,(H,27,30). The molecule has 3 nitrogen and oxygen atoms in total. The van der Waals surface area contributed by atoms with E-state index in [1.54, 1.807) is 0 Å². The molecule has 0 spiro atoms. The number of benzene rings is 3. The lowest BCUT2D eigenvalue weighted by molar-refractivity contribution is 0.260. The number of nitrogens with zero attached hydrogens (tertiary/aromatic N) is 1. The van der Waals surface area contributed by atoms with Crippen LogP contribution in [0.15, 0.2) is 78.9 Å². The highest BCUT2D eigenvalue weighted by molar-refractivity contribution is 7.80. The van der Waals surface area contributed by atoms with Gasteiger partial charge < -0.3 is 10.1 Å². The summed E-state index contributed by atoms with van der Waals surface area (Å²) < 4.78 is 5.91. The van der Waals surface area contributed by atoms with Crippen molar-refractivity contribution in [3.8, 4) is 5.75 Å². The smallest absolute Gasteiger partial charge is 0.138 e. The van der Waals surface area contributed by atoms with Gasteiger partial charge in [-0.05, 0) is 42.2 Å². The first-order chi connectivity index (χ1) is 14.6. The van der Waals surface area contributed by atoms with Gasteiger partial charge in [-0.1, -0.05) is 85.0 Å². The fourth-order valence-corrected chi connectivity index (χ4v) is 3.49. The molecule has 0 atom stereocenters. The number of hydrogen-bond acceptors (Lipinski definition) is 3. The Morgan fingerprint density at radius 3 is 2.03 bits per heavy atom. The van der Waals surface area contributed by atoms with Gasteiger partial charge in [0, 0.05) is 26.2 Å². The van der Waals surface area contributed by atoms with Gasteiger partial charge in [0.2, 0.25) is 0 Å². The molecule has 0 amide bonds. The number of thiocarbonyl (C=S) groups is 1. The predicted octanol–water partition coefficient (Wildman–Crippen LogP) is 5.30. The Kier molecular flexibility index (Phi) is 8.42. The lowest BCUT2D eigenvalue weighted by Gasteiger charge is -2.23. The van der Waals surface area contributed by atoms with E-state index >= 15 is 0 Å². The van der Waals surface area contributed by atoms with Crippen molar-refractivity contribution in [2.45, 2.75) is 26.9 Å². The van der Waals surface area contributed by atoms with Crippen LogP contribution in [0, 0.1) is 13.8 Å². The monoisotopic (exact) mass is 418 g/mol. The first-order valence-electron chi connectivity index (χ1n) is 10.4. The third-order valence-corrected chi connectivity index (χ3v) is 5.42. The van der Waals surface area contributed by atoms with E-state index in [9.17, 15) is 0 Å². The molecule has 0 fully saturated rings. The van der Waals surface area contributed by atoms with Gasteiger partial charge in [-0.25, -0.2) is 0 Å². The second-order valence-electron chi connectivity index (χ2n) is 7.52. The molecule has 0 radical (unpaired) electrons. The highest BCUT2D eigenvalue weighted by Gasteiger charge is 2.08. The van der Waals surface area contributed by atoms with Crippen molar-refractivity contribution >= 4 is 17.2 Å². The summed E-state index contributed by atoms with van der Waals surface area (Å²) in [6.07, 6.45) is 0. The Labute approximate surface area is 185 Å². The number of ether oxygens (including phenoxy) is 1. The van der Waals surface area contributed by atoms with Crippen LogP contribution in [-0.4, -0.2) is 29.6 Å². The highest BCUT2D eigenvalue weighted by atomic mass is 32.1. The van der Waals surface area contributed by atoms with Crippen LogP contribution in [0.25, 0.3) is 0 Å². The summed E-state index contributed by atoms with van der Waals surface area (Å²) in [4.78, 5) is 3.17. The van der Waals surface area contributed by atoms with Gasteiger partial charge in [-0.15, -0.1) is 0 Å². The predicted molar refractivity (Wildman–Crippen MR) is 129 cm³/mol. The molecule has 156 valence electrons. The fourth-order valence-electron chi connectivity index (χ4n) is 3.33. The molecule has 0 saturated carbocycles. The van der Waals surface area contributed by atoms with Crippen LogP contribution in [0.1, 0.15) is 22.3 Å². The second kappa shape index (κ2) is 11.5. The SMILES string of the molecule is Cc1cccc(OCC(=S)NCCN(Cc2ccccc2)Cc2ccccc2)c1C. The summed E-state index contributed by atoms with van der Waals surface area (Å²) in [6, 6.07) is 27.3. The molecule has 30 heavy (non-hydrogen) atoms. The van der Waals surface area contributed by atoms with Crippen molar-refractivity contribution in [1.29, 1.82) is 0 Å². The second-order valence-corrected chi connectivity index (χ2v) is 8.01. The van der Waals surface area contributed by atoms with Gasteiger partial charge in [-0.3, -0.25) is 4.90 Å². The normalized spacial score (nSPS) is 10.8. The summed E-state index contributed by atoms with van der Waals surface area (Å²) in [5.74, 6) is 0.897. The quantitative estimate of drug-likeness (QED) is 0.452. The highest BCUT2D eigenvalue weighted by Crippen LogP contribution is 2.20. The van der Waals surface area contributed by atoms with Crippen LogP contribution in [-0.2, 0) is 13.1 Å². The van der Waals surface area contributed by atoms with Crippen molar-refractivity contribution in [3.05, 3.63) is 101 Å². The molecule has 4 heteroatoms. The van der Waals surface area contributed by atoms with Crippen LogP contribution in [0.3, 0.4) is 0 Å². The third kappa shape index (κ3) is 6.97. The molecule has 3 rings (SSSR count). The number of aryl methyl sites for hydroxylation is 1. The molecule has 0 bridgehead atoms. The van der Waals surface area contributed by atoms with Crippen molar-refractivity contribution in [2.24, 2.45) is 0 Å². The van der Waals surface area contributed by atoms with E-state index in [4.69, 9.17) is 17.0 Å². The maximum atomic E-state index is 5.91. The minimum atomic E-state index is 0.400. The topological polar surface area (TPSA) is 24.5 Å². The zero-order valence-electron chi connectivity index (χ0n) is 17.8. The fraction of sp³-hybridized carbons (Fsp3) is 0.269. The first kappa shape index (κ1) is 22.0. The average Bonchev–Trinajstić information content (AvgIpc) is 2.76. The molecule has 0 aromatic heterocycles. The van der Waals surface area contributed by atoms with E-state index in [0.29, 0.717) is 6.61 Å². The van der Waals surface area contributed by atoms with E-state index in [1.165, 1.54) is 16.7 Å². The molecule has 0 saturated heterocycles. The Morgan fingerprint density at radius 1 is 0.833 bits per heavy atom. The summed E-state index contributed by atoms with van der Waals surface area (Å²) in [7, 11) is 0. The third-order valence-electron chi connectivity index (χ3n) is 5.16. The first-order valence-corrected chi connectivity index (χ1v) is 10.8. The molecule has 3 aromatic carbocycles. The molecule has 0 aliphatic heterocycles. The van der Waals surface area contributed by atoms with Crippen LogP contribution >= 0.6 is 12.2 Å². The van der Waals surface area contributed by atoms with Gasteiger partial charge in [0.1, 0.15) is 17.3 Å². The lowest BCUT2D eigenvalue weighted by atomic mass is 10.1. The average molecular weight is 419 g/mol. The van der Waals surface area contributed by atoms with Gasteiger partial charge in [0.05, 0.1) is 0 Å². The summed E-state index contributed by atoms with van der Waals surface area (Å²) in [6.45, 7) is 8.06. The summed E-state index contributed by atoms with van der Waals surface area (Å²) in [5, 5.41) is 3.35. The Morgan fingerprint density at radius 2 is 1.43 bits per heavy atom. The molecule has 3 aromatic rings. The van der Waals surface area contributed by atoms with Crippen molar-refractivity contribution in [1.82, 2.24) is 10.2 Å². The molecule has 0 heterocycles. The van der Waals surface area contributed by atoms with Crippen molar-refractivity contribution < 1.29 is 4.74 Å². The van der Waals surface area contributed by atoms with E-state index in [1.807, 2.05) is 12.1 Å². The van der Waals surface area contributed by atoms with Gasteiger partial charge in [0.25, 0.3) is 0 Å². The molecule has 0 aliphatic carbocycles. The van der Waals surface area contributed by atoms with E-state index in [-0.39, 0.29) is 0 Å². The van der Waals surface area contributed by atoms with E-state index in [2.05, 4.69) is 90.8 Å². The minimum absolute atomic E-state index is 0.400. The number of rotatable bonds is 10. The van der Waals surface area contributed by atoms with Crippen LogP contribution in [0.4, 0.5) is 0 Å². The zero-order chi connectivity index (χ0) is 21.2. The Bertz CT molecular complexity index is 887.